The third-order valence-corrected chi connectivity index (χ3v) is 8.09. The van der Waals surface area contributed by atoms with Crippen molar-refractivity contribution < 1.29 is 30.0 Å². The van der Waals surface area contributed by atoms with Crippen molar-refractivity contribution in [3.63, 3.8) is 0 Å². The largest absolute Gasteiger partial charge is 0.512 e. The smallest absolute Gasteiger partial charge is 0.162 e. The molecular formula is C36H37IrN2O2-. The van der Waals surface area contributed by atoms with Crippen LogP contribution in [-0.2, 0) is 24.9 Å². The van der Waals surface area contributed by atoms with Crippen molar-refractivity contribution in [1.29, 1.82) is 0 Å². The summed E-state index contributed by atoms with van der Waals surface area (Å²) in [5.74, 6) is 0.547. The Morgan fingerprint density at radius 3 is 2.15 bits per heavy atom. The minimum Gasteiger partial charge on any atom is -0.512 e. The van der Waals surface area contributed by atoms with Gasteiger partial charge in [-0.2, -0.15) is 0 Å². The minimum absolute atomic E-state index is 0. The van der Waals surface area contributed by atoms with Crippen LogP contribution < -0.4 is 0 Å². The summed E-state index contributed by atoms with van der Waals surface area (Å²) in [5.41, 5.74) is 4.31. The van der Waals surface area contributed by atoms with Gasteiger partial charge in [-0.3, -0.25) is 9.78 Å². The zero-order valence-electron chi connectivity index (χ0n) is 24.1. The van der Waals surface area contributed by atoms with E-state index in [0.717, 1.165) is 53.1 Å². The number of aliphatic hydroxyl groups is 1. The van der Waals surface area contributed by atoms with Crippen LogP contribution in [0, 0.1) is 17.9 Å². The Hall–Kier alpha value is -3.53. The number of allylic oxidation sites excluding steroid dienone is 2. The number of hydrogen-bond donors (Lipinski definition) is 1. The summed E-state index contributed by atoms with van der Waals surface area (Å²) in [7, 11) is 0. The molecule has 41 heavy (non-hydrogen) atoms. The van der Waals surface area contributed by atoms with Gasteiger partial charge >= 0.3 is 0 Å². The predicted octanol–water partition coefficient (Wildman–Crippen LogP) is 9.61. The van der Waals surface area contributed by atoms with Gasteiger partial charge in [0, 0.05) is 43.5 Å². The fourth-order valence-electron chi connectivity index (χ4n) is 5.67. The molecule has 4 nitrogen and oxygen atoms in total. The van der Waals surface area contributed by atoms with Gasteiger partial charge < -0.3 is 9.51 Å². The average molecular weight is 722 g/mol. The van der Waals surface area contributed by atoms with Gasteiger partial charge in [0.1, 0.15) is 0 Å². The predicted molar refractivity (Wildman–Crippen MR) is 168 cm³/mol. The maximum absolute atomic E-state index is 11.7. The van der Waals surface area contributed by atoms with E-state index in [0.29, 0.717) is 0 Å². The van der Waals surface area contributed by atoms with E-state index >= 15 is 0 Å². The zero-order valence-corrected chi connectivity index (χ0v) is 26.5. The summed E-state index contributed by atoms with van der Waals surface area (Å²) in [6.45, 7) is 8.07. The van der Waals surface area contributed by atoms with Crippen LogP contribution >= 0.6 is 0 Å². The molecule has 0 atom stereocenters. The molecule has 5 heteroatoms. The molecule has 0 spiro atoms. The van der Waals surface area contributed by atoms with Crippen molar-refractivity contribution >= 4 is 54.9 Å². The molecule has 1 N–H and O–H groups in total. The molecule has 1 radical (unpaired) electrons. The number of aromatic nitrogens is 2. The van der Waals surface area contributed by atoms with E-state index in [-0.39, 0.29) is 43.5 Å². The van der Waals surface area contributed by atoms with Crippen molar-refractivity contribution in [2.45, 2.75) is 53.4 Å². The van der Waals surface area contributed by atoms with Gasteiger partial charge in [0.15, 0.2) is 5.78 Å². The quantitative estimate of drug-likeness (QED) is 0.0588. The second-order valence-corrected chi connectivity index (χ2v) is 10.4. The number of rotatable bonds is 7. The number of aliphatic hydroxyl groups excluding tert-OH is 1. The topological polar surface area (TPSA) is 54.6 Å². The van der Waals surface area contributed by atoms with Crippen LogP contribution in [0.3, 0.4) is 0 Å². The van der Waals surface area contributed by atoms with Gasteiger partial charge in [-0.25, -0.2) is 0 Å². The SMILES string of the molecule is CCC(CC)C(=O)/C=C(\O)C(CC)CC.[Ir].[c-]1c2ccccc2cc2c1c1nc3ccccc3n1c1ccccc21. The number of carbonyl (C=O) groups is 1. The first-order chi connectivity index (χ1) is 19.5. The normalized spacial score (nSPS) is 11.9. The molecule has 0 saturated heterocycles. The molecule has 2 aromatic heterocycles. The number of imidazole rings is 1. The Labute approximate surface area is 255 Å². The van der Waals surface area contributed by atoms with Crippen molar-refractivity contribution in [3.05, 3.63) is 96.8 Å². The van der Waals surface area contributed by atoms with Crippen LogP contribution in [0.4, 0.5) is 0 Å². The van der Waals surface area contributed by atoms with E-state index in [9.17, 15) is 9.90 Å². The molecule has 2 heterocycles. The van der Waals surface area contributed by atoms with Crippen LogP contribution in [0.25, 0.3) is 49.1 Å². The Balaban J connectivity index is 0.000000212. The molecule has 0 aliphatic heterocycles. The third-order valence-electron chi connectivity index (χ3n) is 8.09. The number of ketones is 1. The minimum atomic E-state index is 0. The fourth-order valence-corrected chi connectivity index (χ4v) is 5.67. The maximum Gasteiger partial charge on any atom is 0.162 e. The standard InChI is InChI=1S/C23H13N2.C13H24O2.Ir/c1-2-8-16-14-19-18(13-15(16)7-1)17-9-3-5-11-21(17)25-22-12-6-4-10-20(22)24-23(19)25;1-5-10(6-2)12(14)9-13(15)11(7-3)8-4;/h1-13H;9-11,14H,5-8H2,1-4H3;/q-1;;/b;12-9-;. The van der Waals surface area contributed by atoms with Gasteiger partial charge in [0.05, 0.1) is 22.4 Å². The first-order valence-electron chi connectivity index (χ1n) is 14.5. The second kappa shape index (κ2) is 13.4. The van der Waals surface area contributed by atoms with Crippen LogP contribution in [0.1, 0.15) is 53.4 Å². The molecule has 0 bridgehead atoms. The number of fused-ring (bicyclic) bond motifs is 9. The van der Waals surface area contributed by atoms with Gasteiger partial charge in [0.25, 0.3) is 0 Å². The average Bonchev–Trinajstić information content (AvgIpc) is 3.38. The summed E-state index contributed by atoms with van der Waals surface area (Å²) in [5, 5.41) is 15.6. The van der Waals surface area contributed by atoms with Gasteiger partial charge in [-0.05, 0) is 49.3 Å². The van der Waals surface area contributed by atoms with Crippen molar-refractivity contribution in [3.8, 4) is 0 Å². The van der Waals surface area contributed by atoms with Crippen LogP contribution in [-0.4, -0.2) is 20.3 Å². The van der Waals surface area contributed by atoms with E-state index in [1.54, 1.807) is 0 Å². The van der Waals surface area contributed by atoms with Crippen molar-refractivity contribution in [2.24, 2.45) is 11.8 Å². The maximum atomic E-state index is 11.7. The van der Waals surface area contributed by atoms with Gasteiger partial charge in [-0.1, -0.05) is 92.4 Å². The van der Waals surface area contributed by atoms with Crippen LogP contribution in [0.2, 0.25) is 0 Å². The first-order valence-corrected chi connectivity index (χ1v) is 14.5. The fraction of sp³-hybridized carbons (Fsp3) is 0.278. The zero-order chi connectivity index (χ0) is 28.2. The Morgan fingerprint density at radius 1 is 0.829 bits per heavy atom. The summed E-state index contributed by atoms with van der Waals surface area (Å²) < 4.78 is 2.26. The molecule has 0 aliphatic rings. The Kier molecular flexibility index (Phi) is 9.96. The van der Waals surface area contributed by atoms with E-state index in [1.165, 1.54) is 27.8 Å². The summed E-state index contributed by atoms with van der Waals surface area (Å²) in [4.78, 5) is 16.6. The van der Waals surface area contributed by atoms with Crippen molar-refractivity contribution in [2.75, 3.05) is 0 Å². The number of nitrogens with zero attached hydrogens (tertiary/aromatic N) is 2. The summed E-state index contributed by atoms with van der Waals surface area (Å²) in [6, 6.07) is 31.2. The van der Waals surface area contributed by atoms with Gasteiger partial charge in [0.2, 0.25) is 0 Å². The molecule has 4 aromatic carbocycles. The molecule has 0 aliphatic carbocycles. The Morgan fingerprint density at radius 2 is 1.44 bits per heavy atom. The third kappa shape index (κ3) is 5.93. The molecule has 213 valence electrons. The molecule has 0 fully saturated rings. The Bertz CT molecular complexity index is 1850. The molecular weight excluding hydrogens is 685 g/mol. The number of hydrogen-bond acceptors (Lipinski definition) is 3. The monoisotopic (exact) mass is 722 g/mol. The number of para-hydroxylation sites is 3. The summed E-state index contributed by atoms with van der Waals surface area (Å²) >= 11 is 0. The number of carbonyl (C=O) groups excluding carboxylic acids is 1. The van der Waals surface area contributed by atoms with E-state index in [1.807, 2.05) is 33.8 Å². The van der Waals surface area contributed by atoms with E-state index in [4.69, 9.17) is 4.98 Å². The van der Waals surface area contributed by atoms with Crippen LogP contribution in [0.15, 0.2) is 90.7 Å². The number of pyridine rings is 1. The molecule has 6 aromatic rings. The van der Waals surface area contributed by atoms with E-state index in [2.05, 4.69) is 83.3 Å². The first kappa shape index (κ1) is 30.4. The number of benzene rings is 4. The summed E-state index contributed by atoms with van der Waals surface area (Å²) in [6.07, 6.45) is 4.91. The van der Waals surface area contributed by atoms with Crippen molar-refractivity contribution in [1.82, 2.24) is 9.38 Å². The van der Waals surface area contributed by atoms with E-state index < -0.39 is 0 Å². The molecule has 0 amide bonds. The van der Waals surface area contributed by atoms with Crippen LogP contribution in [0.5, 0.6) is 0 Å². The molecule has 0 unspecified atom stereocenters. The second-order valence-electron chi connectivity index (χ2n) is 10.4. The van der Waals surface area contributed by atoms with Gasteiger partial charge in [-0.15, -0.1) is 23.6 Å². The molecule has 6 rings (SSSR count). The molecule has 0 saturated carbocycles.